The van der Waals surface area contributed by atoms with Crippen molar-refractivity contribution in [1.82, 2.24) is 20.3 Å². The van der Waals surface area contributed by atoms with Gasteiger partial charge in [-0.1, -0.05) is 47.2 Å². The number of rotatable bonds is 5. The van der Waals surface area contributed by atoms with Crippen LogP contribution in [0.1, 0.15) is 30.0 Å². The zero-order chi connectivity index (χ0) is 18.1. The van der Waals surface area contributed by atoms with E-state index in [0.717, 1.165) is 23.1 Å². The van der Waals surface area contributed by atoms with Crippen LogP contribution >= 0.6 is 0 Å². The van der Waals surface area contributed by atoms with Crippen molar-refractivity contribution in [3.05, 3.63) is 70.0 Å². The van der Waals surface area contributed by atoms with Crippen LogP contribution in [0.15, 0.2) is 53.3 Å². The van der Waals surface area contributed by atoms with Crippen LogP contribution < -0.4 is 10.9 Å². The van der Waals surface area contributed by atoms with Crippen molar-refractivity contribution in [2.75, 3.05) is 0 Å². The number of nitrogens with zero attached hydrogens (tertiary/aromatic N) is 3. The molecule has 1 aliphatic carbocycles. The summed E-state index contributed by atoms with van der Waals surface area (Å²) in [6.45, 7) is 1.91. The molecule has 4 rings (SSSR count). The van der Waals surface area contributed by atoms with Crippen molar-refractivity contribution < 1.29 is 4.79 Å². The van der Waals surface area contributed by atoms with Gasteiger partial charge < -0.3 is 5.32 Å². The lowest BCUT2D eigenvalue weighted by Crippen LogP contribution is -2.36. The summed E-state index contributed by atoms with van der Waals surface area (Å²) in [5, 5.41) is 11.5. The average Bonchev–Trinajstić information content (AvgIpc) is 3.48. The molecule has 2 aromatic carbocycles. The Labute approximate surface area is 150 Å². The SMILES string of the molecule is Cc1ccc([C@@H](NC(=O)Cn2nnc3ccccc3c2=O)C2CC2)cc1. The minimum Gasteiger partial charge on any atom is -0.347 e. The molecule has 1 atom stereocenters. The van der Waals surface area contributed by atoms with Gasteiger partial charge in [-0.05, 0) is 43.4 Å². The molecule has 1 amide bonds. The fourth-order valence-corrected chi connectivity index (χ4v) is 3.16. The largest absolute Gasteiger partial charge is 0.347 e. The molecule has 1 N–H and O–H groups in total. The molecule has 1 aliphatic rings. The molecule has 1 fully saturated rings. The first-order valence-corrected chi connectivity index (χ1v) is 8.80. The summed E-state index contributed by atoms with van der Waals surface area (Å²) in [5.41, 5.74) is 2.52. The lowest BCUT2D eigenvalue weighted by atomic mass is 10.0. The second-order valence-electron chi connectivity index (χ2n) is 6.86. The Morgan fingerprint density at radius 2 is 1.92 bits per heavy atom. The molecule has 0 saturated heterocycles. The standard InChI is InChI=1S/C20H20N4O2/c1-13-6-8-14(9-7-13)19(15-10-11-15)21-18(25)12-24-20(26)16-4-2-3-5-17(16)22-23-24/h2-9,15,19H,10-12H2,1H3,(H,21,25)/t19-/m1/s1. The van der Waals surface area contributed by atoms with E-state index in [4.69, 9.17) is 0 Å². The van der Waals surface area contributed by atoms with Crippen LogP contribution in [-0.2, 0) is 11.3 Å². The van der Waals surface area contributed by atoms with Crippen LogP contribution in [0.2, 0.25) is 0 Å². The van der Waals surface area contributed by atoms with Crippen molar-refractivity contribution in [1.29, 1.82) is 0 Å². The summed E-state index contributed by atoms with van der Waals surface area (Å²) in [4.78, 5) is 25.0. The number of carbonyl (C=O) groups excluding carboxylic acids is 1. The van der Waals surface area contributed by atoms with Gasteiger partial charge >= 0.3 is 0 Å². The summed E-state index contributed by atoms with van der Waals surface area (Å²) in [6.07, 6.45) is 2.21. The maximum atomic E-state index is 12.5. The molecule has 0 spiro atoms. The summed E-state index contributed by atoms with van der Waals surface area (Å²) < 4.78 is 1.12. The van der Waals surface area contributed by atoms with E-state index in [-0.39, 0.29) is 24.1 Å². The van der Waals surface area contributed by atoms with E-state index in [1.165, 1.54) is 5.56 Å². The highest BCUT2D eigenvalue weighted by molar-refractivity contribution is 5.78. The van der Waals surface area contributed by atoms with E-state index >= 15 is 0 Å². The van der Waals surface area contributed by atoms with Crippen LogP contribution in [0.25, 0.3) is 10.9 Å². The maximum absolute atomic E-state index is 12.5. The van der Waals surface area contributed by atoms with Gasteiger partial charge in [0, 0.05) is 0 Å². The van der Waals surface area contributed by atoms with Gasteiger partial charge in [0.25, 0.3) is 5.56 Å². The molecule has 132 valence electrons. The predicted molar refractivity (Wildman–Crippen MR) is 98.6 cm³/mol. The number of amides is 1. The molecule has 6 nitrogen and oxygen atoms in total. The van der Waals surface area contributed by atoms with Crippen LogP contribution in [0, 0.1) is 12.8 Å². The third-order valence-electron chi connectivity index (χ3n) is 4.77. The Kier molecular flexibility index (Phi) is 4.24. The van der Waals surface area contributed by atoms with Gasteiger partial charge in [-0.2, -0.15) is 0 Å². The van der Waals surface area contributed by atoms with Gasteiger partial charge in [0.15, 0.2) is 0 Å². The fourth-order valence-electron chi connectivity index (χ4n) is 3.16. The maximum Gasteiger partial charge on any atom is 0.278 e. The van der Waals surface area contributed by atoms with E-state index < -0.39 is 0 Å². The second kappa shape index (κ2) is 6.71. The first kappa shape index (κ1) is 16.4. The molecule has 1 aromatic heterocycles. The topological polar surface area (TPSA) is 76.9 Å². The summed E-state index contributed by atoms with van der Waals surface area (Å²) in [7, 11) is 0. The van der Waals surface area contributed by atoms with Crippen LogP contribution in [0.5, 0.6) is 0 Å². The number of aryl methyl sites for hydroxylation is 1. The van der Waals surface area contributed by atoms with Gasteiger partial charge in [0.05, 0.1) is 11.4 Å². The molecule has 0 bridgehead atoms. The highest BCUT2D eigenvalue weighted by Gasteiger charge is 2.33. The lowest BCUT2D eigenvalue weighted by Gasteiger charge is -2.19. The highest BCUT2D eigenvalue weighted by atomic mass is 16.2. The number of benzene rings is 2. The Morgan fingerprint density at radius 1 is 1.19 bits per heavy atom. The van der Waals surface area contributed by atoms with Gasteiger partial charge in [0.2, 0.25) is 5.91 Å². The first-order valence-electron chi connectivity index (χ1n) is 8.80. The molecule has 0 unspecified atom stereocenters. The zero-order valence-corrected chi connectivity index (χ0v) is 14.6. The number of hydrogen-bond acceptors (Lipinski definition) is 4. The lowest BCUT2D eigenvalue weighted by molar-refractivity contribution is -0.122. The summed E-state index contributed by atoms with van der Waals surface area (Å²) in [5.74, 6) is 0.232. The van der Waals surface area contributed by atoms with Crippen molar-refractivity contribution in [3.63, 3.8) is 0 Å². The van der Waals surface area contributed by atoms with Crippen molar-refractivity contribution in [3.8, 4) is 0 Å². The Bertz CT molecular complexity index is 1010. The second-order valence-corrected chi connectivity index (χ2v) is 6.86. The van der Waals surface area contributed by atoms with Gasteiger partial charge in [-0.3, -0.25) is 9.59 Å². The minimum absolute atomic E-state index is 0.0211. The number of aromatic nitrogens is 3. The predicted octanol–water partition coefficient (Wildman–Crippen LogP) is 2.37. The molecular formula is C20H20N4O2. The van der Waals surface area contributed by atoms with Gasteiger partial charge in [0.1, 0.15) is 12.1 Å². The molecular weight excluding hydrogens is 328 g/mol. The smallest absolute Gasteiger partial charge is 0.278 e. The Hall–Kier alpha value is -3.02. The van der Waals surface area contributed by atoms with E-state index in [1.807, 2.05) is 6.92 Å². The number of carbonyl (C=O) groups is 1. The molecule has 26 heavy (non-hydrogen) atoms. The molecule has 6 heteroatoms. The fraction of sp³-hybridized carbons (Fsp3) is 0.300. The summed E-state index contributed by atoms with van der Waals surface area (Å²) >= 11 is 0. The van der Waals surface area contributed by atoms with Crippen molar-refractivity contribution in [2.45, 2.75) is 32.4 Å². The third kappa shape index (κ3) is 3.35. The molecule has 3 aromatic rings. The first-order chi connectivity index (χ1) is 12.6. The zero-order valence-electron chi connectivity index (χ0n) is 14.6. The normalized spacial score (nSPS) is 15.0. The van der Waals surface area contributed by atoms with E-state index in [1.54, 1.807) is 24.3 Å². The van der Waals surface area contributed by atoms with Crippen LogP contribution in [-0.4, -0.2) is 20.9 Å². The average molecular weight is 348 g/mol. The van der Waals surface area contributed by atoms with Gasteiger partial charge in [-0.25, -0.2) is 4.68 Å². The molecule has 0 radical (unpaired) electrons. The number of fused-ring (bicyclic) bond motifs is 1. The van der Waals surface area contributed by atoms with Gasteiger partial charge in [-0.15, -0.1) is 5.10 Å². The number of nitrogens with one attached hydrogen (secondary N) is 1. The van der Waals surface area contributed by atoms with E-state index in [0.29, 0.717) is 16.8 Å². The minimum atomic E-state index is -0.302. The van der Waals surface area contributed by atoms with E-state index in [2.05, 4.69) is 39.9 Å². The quantitative estimate of drug-likeness (QED) is 0.768. The monoisotopic (exact) mass is 348 g/mol. The Morgan fingerprint density at radius 3 is 2.65 bits per heavy atom. The van der Waals surface area contributed by atoms with Crippen LogP contribution in [0.3, 0.4) is 0 Å². The Balaban J connectivity index is 1.53. The molecule has 1 saturated carbocycles. The van der Waals surface area contributed by atoms with Crippen molar-refractivity contribution >= 4 is 16.8 Å². The van der Waals surface area contributed by atoms with E-state index in [9.17, 15) is 9.59 Å². The van der Waals surface area contributed by atoms with Crippen LogP contribution in [0.4, 0.5) is 0 Å². The number of hydrogen-bond donors (Lipinski definition) is 1. The molecule has 1 heterocycles. The van der Waals surface area contributed by atoms with Crippen molar-refractivity contribution in [2.24, 2.45) is 5.92 Å². The third-order valence-corrected chi connectivity index (χ3v) is 4.77. The summed E-state index contributed by atoms with van der Waals surface area (Å²) in [6, 6.07) is 15.2. The highest BCUT2D eigenvalue weighted by Crippen LogP contribution is 2.41. The molecule has 0 aliphatic heterocycles.